The summed E-state index contributed by atoms with van der Waals surface area (Å²) in [5.74, 6) is 0.769. The molecule has 18 heavy (non-hydrogen) atoms. The van der Waals surface area contributed by atoms with Crippen molar-refractivity contribution in [2.24, 2.45) is 5.92 Å². The molecule has 92 valence electrons. The van der Waals surface area contributed by atoms with Gasteiger partial charge in [0, 0.05) is 18.5 Å². The van der Waals surface area contributed by atoms with E-state index in [4.69, 9.17) is 0 Å². The second-order valence-corrected chi connectivity index (χ2v) is 4.83. The Kier molecular flexibility index (Phi) is 2.97. The number of ketones is 1. The average Bonchev–Trinajstić information content (AvgIpc) is 3.16. The Bertz CT molecular complexity index is 541. The molecule has 0 saturated heterocycles. The highest BCUT2D eigenvalue weighted by Gasteiger charge is 2.28. The Labute approximate surface area is 106 Å². The van der Waals surface area contributed by atoms with E-state index in [2.05, 4.69) is 5.10 Å². The highest BCUT2D eigenvalue weighted by Crippen LogP contribution is 2.31. The molecule has 0 bridgehead atoms. The molecule has 1 saturated carbocycles. The van der Waals surface area contributed by atoms with Crippen LogP contribution in [0.4, 0.5) is 0 Å². The van der Waals surface area contributed by atoms with Gasteiger partial charge in [-0.05, 0) is 37.5 Å². The summed E-state index contributed by atoms with van der Waals surface area (Å²) in [6.07, 6.45) is 5.53. The third-order valence-electron chi connectivity index (χ3n) is 3.33. The van der Waals surface area contributed by atoms with Crippen LogP contribution >= 0.6 is 0 Å². The molecule has 0 amide bonds. The van der Waals surface area contributed by atoms with Gasteiger partial charge in [-0.15, -0.1) is 0 Å². The first-order valence-electron chi connectivity index (χ1n) is 6.45. The van der Waals surface area contributed by atoms with Crippen molar-refractivity contribution in [3.63, 3.8) is 0 Å². The summed E-state index contributed by atoms with van der Waals surface area (Å²) < 4.78 is 1.86. The quantitative estimate of drug-likeness (QED) is 0.805. The maximum Gasteiger partial charge on any atom is 0.136 e. The minimum Gasteiger partial charge on any atom is -0.299 e. The number of carbonyl (C=O) groups excluding carboxylic acids is 1. The number of para-hydroxylation sites is 1. The van der Waals surface area contributed by atoms with E-state index in [-0.39, 0.29) is 0 Å². The third kappa shape index (κ3) is 2.50. The second-order valence-electron chi connectivity index (χ2n) is 4.83. The van der Waals surface area contributed by atoms with Gasteiger partial charge in [0.2, 0.25) is 0 Å². The molecule has 1 aromatic carbocycles. The van der Waals surface area contributed by atoms with Gasteiger partial charge in [0.15, 0.2) is 0 Å². The van der Waals surface area contributed by atoms with E-state index in [0.717, 1.165) is 30.6 Å². The smallest absolute Gasteiger partial charge is 0.136 e. The lowest BCUT2D eigenvalue weighted by atomic mass is 10.1. The molecule has 0 N–H and O–H groups in total. The van der Waals surface area contributed by atoms with E-state index in [1.165, 1.54) is 0 Å². The zero-order chi connectivity index (χ0) is 12.4. The highest BCUT2D eigenvalue weighted by molar-refractivity contribution is 5.83. The van der Waals surface area contributed by atoms with Crippen molar-refractivity contribution < 1.29 is 4.79 Å². The molecule has 3 heteroatoms. The van der Waals surface area contributed by atoms with Gasteiger partial charge in [-0.1, -0.05) is 18.2 Å². The van der Waals surface area contributed by atoms with Crippen molar-refractivity contribution in [3.8, 4) is 5.69 Å². The van der Waals surface area contributed by atoms with Gasteiger partial charge in [-0.3, -0.25) is 4.79 Å². The average molecular weight is 240 g/mol. The van der Waals surface area contributed by atoms with Crippen molar-refractivity contribution in [2.45, 2.75) is 25.7 Å². The Morgan fingerprint density at radius 1 is 1.22 bits per heavy atom. The van der Waals surface area contributed by atoms with Gasteiger partial charge in [-0.2, -0.15) is 5.10 Å². The van der Waals surface area contributed by atoms with Crippen LogP contribution in [0.1, 0.15) is 25.0 Å². The van der Waals surface area contributed by atoms with Crippen LogP contribution in [-0.4, -0.2) is 15.6 Å². The summed E-state index contributed by atoms with van der Waals surface area (Å²) in [5.41, 5.74) is 2.05. The second kappa shape index (κ2) is 4.77. The largest absolute Gasteiger partial charge is 0.299 e. The monoisotopic (exact) mass is 240 g/mol. The van der Waals surface area contributed by atoms with Crippen molar-refractivity contribution in [1.82, 2.24) is 9.78 Å². The molecule has 0 spiro atoms. The number of hydrogen-bond acceptors (Lipinski definition) is 2. The molecule has 1 fully saturated rings. The lowest BCUT2D eigenvalue weighted by Crippen LogP contribution is -2.03. The number of hydrogen-bond donors (Lipinski definition) is 0. The number of Topliss-reactive ketones (excluding diaryl/α,β-unsaturated/α-hetero) is 1. The van der Waals surface area contributed by atoms with Crippen LogP contribution in [0.15, 0.2) is 42.6 Å². The number of benzene rings is 1. The van der Waals surface area contributed by atoms with E-state index >= 15 is 0 Å². The maximum absolute atomic E-state index is 11.6. The molecule has 0 aliphatic heterocycles. The van der Waals surface area contributed by atoms with Crippen LogP contribution in [0, 0.1) is 5.92 Å². The molecule has 1 aliphatic carbocycles. The minimum absolute atomic E-state index is 0.362. The summed E-state index contributed by atoms with van der Waals surface area (Å²) in [6.45, 7) is 0. The highest BCUT2D eigenvalue weighted by atomic mass is 16.1. The summed E-state index contributed by atoms with van der Waals surface area (Å²) in [5, 5.41) is 4.50. The van der Waals surface area contributed by atoms with Gasteiger partial charge in [-0.25, -0.2) is 4.68 Å². The predicted octanol–water partition coefficient (Wildman–Crippen LogP) is 2.78. The first-order chi connectivity index (χ1) is 8.83. The normalized spacial score (nSPS) is 14.7. The number of aryl methyl sites for hydroxylation is 1. The number of carbonyl (C=O) groups is 1. The summed E-state index contributed by atoms with van der Waals surface area (Å²) in [4.78, 5) is 11.6. The van der Waals surface area contributed by atoms with Crippen molar-refractivity contribution in [2.75, 3.05) is 0 Å². The molecule has 3 nitrogen and oxygen atoms in total. The first-order valence-corrected chi connectivity index (χ1v) is 6.45. The fraction of sp³-hybridized carbons (Fsp3) is 0.333. The van der Waals surface area contributed by atoms with Crippen LogP contribution in [0.5, 0.6) is 0 Å². The van der Waals surface area contributed by atoms with Crippen molar-refractivity contribution in [1.29, 1.82) is 0 Å². The summed E-state index contributed by atoms with van der Waals surface area (Å²) in [7, 11) is 0. The number of nitrogens with zero attached hydrogens (tertiary/aromatic N) is 2. The molecule has 0 atom stereocenters. The van der Waals surface area contributed by atoms with E-state index in [1.807, 2.05) is 47.3 Å². The molecule has 2 aromatic rings. The van der Waals surface area contributed by atoms with E-state index in [0.29, 0.717) is 18.1 Å². The first kappa shape index (κ1) is 11.2. The maximum atomic E-state index is 11.6. The van der Waals surface area contributed by atoms with Crippen LogP contribution in [-0.2, 0) is 11.2 Å². The zero-order valence-corrected chi connectivity index (χ0v) is 10.2. The molecule has 1 heterocycles. The summed E-state index contributed by atoms with van der Waals surface area (Å²) in [6, 6.07) is 12.0. The Morgan fingerprint density at radius 2 is 2.00 bits per heavy atom. The van der Waals surface area contributed by atoms with Crippen LogP contribution in [0.3, 0.4) is 0 Å². The minimum atomic E-state index is 0.362. The predicted molar refractivity (Wildman–Crippen MR) is 69.6 cm³/mol. The van der Waals surface area contributed by atoms with Gasteiger partial charge >= 0.3 is 0 Å². The lowest BCUT2D eigenvalue weighted by molar-refractivity contribution is -0.120. The molecule has 0 unspecified atom stereocenters. The van der Waals surface area contributed by atoms with Crippen LogP contribution in [0.25, 0.3) is 5.69 Å². The molecule has 1 aromatic heterocycles. The molecular weight excluding hydrogens is 224 g/mol. The van der Waals surface area contributed by atoms with Gasteiger partial charge in [0.05, 0.1) is 11.4 Å². The van der Waals surface area contributed by atoms with Gasteiger partial charge in [0.1, 0.15) is 5.78 Å². The van der Waals surface area contributed by atoms with Crippen molar-refractivity contribution >= 4 is 5.78 Å². The Hall–Kier alpha value is -1.90. The Morgan fingerprint density at radius 3 is 2.72 bits per heavy atom. The van der Waals surface area contributed by atoms with E-state index < -0.39 is 0 Å². The Balaban J connectivity index is 1.64. The topological polar surface area (TPSA) is 34.9 Å². The molecule has 3 rings (SSSR count). The SMILES string of the molecule is O=C(CCc1ccn(-c2ccccc2)n1)C1CC1. The molecule has 1 aliphatic rings. The van der Waals surface area contributed by atoms with Crippen LogP contribution < -0.4 is 0 Å². The number of aromatic nitrogens is 2. The fourth-order valence-corrected chi connectivity index (χ4v) is 2.08. The van der Waals surface area contributed by atoms with Gasteiger partial charge in [0.25, 0.3) is 0 Å². The van der Waals surface area contributed by atoms with Crippen molar-refractivity contribution in [3.05, 3.63) is 48.3 Å². The molecular formula is C15H16N2O. The summed E-state index contributed by atoms with van der Waals surface area (Å²) >= 11 is 0. The fourth-order valence-electron chi connectivity index (χ4n) is 2.08. The lowest BCUT2D eigenvalue weighted by Gasteiger charge is -2.00. The van der Waals surface area contributed by atoms with E-state index in [9.17, 15) is 4.79 Å². The molecule has 0 radical (unpaired) electrons. The third-order valence-corrected chi connectivity index (χ3v) is 3.33. The van der Waals surface area contributed by atoms with Gasteiger partial charge < -0.3 is 0 Å². The zero-order valence-electron chi connectivity index (χ0n) is 10.2. The standard InChI is InChI=1S/C15H16N2O/c18-15(12-6-7-12)9-8-13-10-11-17(16-13)14-4-2-1-3-5-14/h1-5,10-12H,6-9H2. The van der Waals surface area contributed by atoms with E-state index in [1.54, 1.807) is 0 Å². The number of rotatable bonds is 5. The van der Waals surface area contributed by atoms with Crippen LogP contribution in [0.2, 0.25) is 0 Å².